The summed E-state index contributed by atoms with van der Waals surface area (Å²) < 4.78 is 0. The van der Waals surface area contributed by atoms with Crippen molar-refractivity contribution in [2.45, 2.75) is 6.42 Å². The Morgan fingerprint density at radius 1 is 1.39 bits per heavy atom. The Morgan fingerprint density at radius 2 is 2.22 bits per heavy atom. The molecule has 100 valence electrons. The summed E-state index contributed by atoms with van der Waals surface area (Å²) in [5, 5.41) is 9.09. The fraction of sp³-hybridized carbons (Fsp3) is 0.636. The van der Waals surface area contributed by atoms with Gasteiger partial charge in [-0.25, -0.2) is 4.98 Å². The molecule has 2 rings (SSSR count). The number of aliphatic hydroxyl groups excluding tert-OH is 1. The highest BCUT2D eigenvalue weighted by atomic mass is 35.5. The third-order valence-electron chi connectivity index (χ3n) is 3.08. The lowest BCUT2D eigenvalue weighted by Gasteiger charge is -2.22. The van der Waals surface area contributed by atoms with Gasteiger partial charge in [-0.1, -0.05) is 11.6 Å². The third kappa shape index (κ3) is 3.01. The molecule has 2 N–H and O–H groups in total. The number of aromatic nitrogens is 2. The molecule has 0 aromatic carbocycles. The van der Waals surface area contributed by atoms with Gasteiger partial charge in [0.15, 0.2) is 5.82 Å². The minimum Gasteiger partial charge on any atom is -0.395 e. The maximum atomic E-state index is 11.4. The van der Waals surface area contributed by atoms with Gasteiger partial charge in [0.25, 0.3) is 5.56 Å². The molecule has 7 heteroatoms. The molecular formula is C11H17ClN4O2. The molecule has 1 saturated heterocycles. The molecule has 0 spiro atoms. The second-order valence-corrected chi connectivity index (χ2v) is 4.65. The van der Waals surface area contributed by atoms with Crippen LogP contribution in [0.25, 0.3) is 0 Å². The second kappa shape index (κ2) is 6.17. The number of halogens is 1. The summed E-state index contributed by atoms with van der Waals surface area (Å²) in [6.45, 7) is 4.21. The van der Waals surface area contributed by atoms with Gasteiger partial charge in [-0.15, -0.1) is 0 Å². The average molecular weight is 273 g/mol. The van der Waals surface area contributed by atoms with Gasteiger partial charge >= 0.3 is 0 Å². The summed E-state index contributed by atoms with van der Waals surface area (Å²) in [7, 11) is 0. The molecule has 0 saturated carbocycles. The largest absolute Gasteiger partial charge is 0.395 e. The number of rotatable bonds is 3. The summed E-state index contributed by atoms with van der Waals surface area (Å²) in [5.74, 6) is 0.547. The molecule has 0 radical (unpaired) electrons. The van der Waals surface area contributed by atoms with Crippen molar-refractivity contribution in [3.63, 3.8) is 0 Å². The van der Waals surface area contributed by atoms with Crippen molar-refractivity contribution in [1.82, 2.24) is 14.9 Å². The van der Waals surface area contributed by atoms with Crippen LogP contribution in [0.2, 0.25) is 5.02 Å². The van der Waals surface area contributed by atoms with Crippen molar-refractivity contribution in [3.05, 3.63) is 21.7 Å². The molecule has 6 nitrogen and oxygen atoms in total. The van der Waals surface area contributed by atoms with E-state index in [4.69, 9.17) is 16.7 Å². The van der Waals surface area contributed by atoms with Crippen LogP contribution in [0.3, 0.4) is 0 Å². The van der Waals surface area contributed by atoms with Crippen LogP contribution in [0.5, 0.6) is 0 Å². The number of hydrogen-bond acceptors (Lipinski definition) is 5. The molecule has 0 amide bonds. The van der Waals surface area contributed by atoms with Crippen LogP contribution in [0.1, 0.15) is 6.42 Å². The van der Waals surface area contributed by atoms with Crippen LogP contribution < -0.4 is 10.5 Å². The van der Waals surface area contributed by atoms with Crippen LogP contribution in [-0.4, -0.2) is 59.3 Å². The standard InChI is InChI=1S/C11H17ClN4O2/c12-9-10(13-8-14-11(9)18)16-3-1-2-15(4-5-16)6-7-17/h8,17H,1-7H2,(H,13,14,18). The summed E-state index contributed by atoms with van der Waals surface area (Å²) >= 11 is 5.98. The summed E-state index contributed by atoms with van der Waals surface area (Å²) in [5.41, 5.74) is -0.307. The topological polar surface area (TPSA) is 72.5 Å². The number of H-pyrrole nitrogens is 1. The van der Waals surface area contributed by atoms with Crippen molar-refractivity contribution in [2.24, 2.45) is 0 Å². The van der Waals surface area contributed by atoms with Gasteiger partial charge in [0, 0.05) is 26.2 Å². The Labute approximate surface area is 110 Å². The van der Waals surface area contributed by atoms with Crippen LogP contribution >= 0.6 is 11.6 Å². The number of nitrogens with one attached hydrogen (secondary N) is 1. The molecule has 1 aromatic rings. The lowest BCUT2D eigenvalue weighted by molar-refractivity contribution is 0.204. The molecule has 1 aliphatic rings. The predicted octanol–water partition coefficient (Wildman–Crippen LogP) is -0.0723. The van der Waals surface area contributed by atoms with Crippen molar-refractivity contribution in [2.75, 3.05) is 44.2 Å². The van der Waals surface area contributed by atoms with E-state index >= 15 is 0 Å². The Bertz CT molecular complexity index is 451. The van der Waals surface area contributed by atoms with Gasteiger partial charge in [-0.3, -0.25) is 9.69 Å². The van der Waals surface area contributed by atoms with E-state index in [9.17, 15) is 4.79 Å². The molecule has 1 aromatic heterocycles. The van der Waals surface area contributed by atoms with E-state index < -0.39 is 0 Å². The molecule has 2 heterocycles. The Kier molecular flexibility index (Phi) is 4.57. The molecule has 0 atom stereocenters. The number of aliphatic hydroxyl groups is 1. The van der Waals surface area contributed by atoms with Gasteiger partial charge in [-0.05, 0) is 13.0 Å². The Balaban J connectivity index is 2.10. The van der Waals surface area contributed by atoms with Crippen molar-refractivity contribution in [1.29, 1.82) is 0 Å². The van der Waals surface area contributed by atoms with Crippen molar-refractivity contribution in [3.8, 4) is 0 Å². The second-order valence-electron chi connectivity index (χ2n) is 4.28. The Morgan fingerprint density at radius 3 is 3.00 bits per heavy atom. The van der Waals surface area contributed by atoms with E-state index in [0.29, 0.717) is 12.4 Å². The van der Waals surface area contributed by atoms with E-state index in [1.807, 2.05) is 4.90 Å². The minimum absolute atomic E-state index is 0.146. The molecule has 1 fully saturated rings. The molecule has 0 bridgehead atoms. The first-order chi connectivity index (χ1) is 8.72. The van der Waals surface area contributed by atoms with Gasteiger partial charge in [0.1, 0.15) is 5.02 Å². The van der Waals surface area contributed by atoms with Crippen molar-refractivity contribution < 1.29 is 5.11 Å². The monoisotopic (exact) mass is 272 g/mol. The highest BCUT2D eigenvalue weighted by Crippen LogP contribution is 2.19. The third-order valence-corrected chi connectivity index (χ3v) is 3.42. The fourth-order valence-electron chi connectivity index (χ4n) is 2.14. The number of aromatic amines is 1. The van der Waals surface area contributed by atoms with Crippen molar-refractivity contribution >= 4 is 17.4 Å². The predicted molar refractivity (Wildman–Crippen MR) is 70.2 cm³/mol. The van der Waals surface area contributed by atoms with Gasteiger partial charge in [0.05, 0.1) is 12.9 Å². The smallest absolute Gasteiger partial charge is 0.271 e. The summed E-state index contributed by atoms with van der Waals surface area (Å²) in [6.07, 6.45) is 2.34. The zero-order valence-electron chi connectivity index (χ0n) is 10.1. The van der Waals surface area contributed by atoms with Crippen LogP contribution in [0.4, 0.5) is 5.82 Å². The minimum atomic E-state index is -0.307. The normalized spacial score (nSPS) is 17.8. The van der Waals surface area contributed by atoms with E-state index in [0.717, 1.165) is 32.6 Å². The van der Waals surface area contributed by atoms with E-state index in [-0.39, 0.29) is 17.2 Å². The zero-order chi connectivity index (χ0) is 13.0. The number of nitrogens with zero attached hydrogens (tertiary/aromatic N) is 3. The number of anilines is 1. The zero-order valence-corrected chi connectivity index (χ0v) is 10.9. The molecular weight excluding hydrogens is 256 g/mol. The van der Waals surface area contributed by atoms with Gasteiger partial charge in [0.2, 0.25) is 0 Å². The first-order valence-electron chi connectivity index (χ1n) is 6.03. The quantitative estimate of drug-likeness (QED) is 0.806. The highest BCUT2D eigenvalue weighted by Gasteiger charge is 2.18. The van der Waals surface area contributed by atoms with Crippen LogP contribution in [-0.2, 0) is 0 Å². The number of β-amino-alcohol motifs (C(OH)–C–C–N with tert-alkyl or cyclic N) is 1. The SMILES string of the molecule is O=c1[nH]cnc(N2CCCN(CCO)CC2)c1Cl. The van der Waals surface area contributed by atoms with Gasteiger partial charge < -0.3 is 15.0 Å². The number of hydrogen-bond donors (Lipinski definition) is 2. The van der Waals surface area contributed by atoms with E-state index in [1.165, 1.54) is 6.33 Å². The molecule has 0 aliphatic carbocycles. The van der Waals surface area contributed by atoms with Crippen LogP contribution in [0, 0.1) is 0 Å². The maximum Gasteiger partial charge on any atom is 0.271 e. The first kappa shape index (κ1) is 13.3. The highest BCUT2D eigenvalue weighted by molar-refractivity contribution is 6.32. The summed E-state index contributed by atoms with van der Waals surface area (Å²) in [6, 6.07) is 0. The van der Waals surface area contributed by atoms with E-state index in [1.54, 1.807) is 0 Å². The van der Waals surface area contributed by atoms with Crippen LogP contribution in [0.15, 0.2) is 11.1 Å². The molecule has 18 heavy (non-hydrogen) atoms. The lowest BCUT2D eigenvalue weighted by atomic mass is 10.3. The maximum absolute atomic E-state index is 11.4. The summed E-state index contributed by atoms with van der Waals surface area (Å²) in [4.78, 5) is 22.3. The first-order valence-corrected chi connectivity index (χ1v) is 6.41. The molecule has 0 unspecified atom stereocenters. The van der Waals surface area contributed by atoms with E-state index in [2.05, 4.69) is 14.9 Å². The Hall–Kier alpha value is -1.11. The average Bonchev–Trinajstić information content (AvgIpc) is 2.59. The fourth-order valence-corrected chi connectivity index (χ4v) is 2.36. The lowest BCUT2D eigenvalue weighted by Crippen LogP contribution is -2.33. The molecule has 1 aliphatic heterocycles. The van der Waals surface area contributed by atoms with Gasteiger partial charge in [-0.2, -0.15) is 0 Å².